The minimum atomic E-state index is 0.786. The molecule has 0 radical (unpaired) electrons. The zero-order valence-electron chi connectivity index (χ0n) is 13.8. The van der Waals surface area contributed by atoms with E-state index in [0.717, 1.165) is 20.3 Å². The Kier molecular flexibility index (Phi) is 3.74. The molecular formula is C24H14BrCl. The Morgan fingerprint density at radius 1 is 0.500 bits per heavy atom. The van der Waals surface area contributed by atoms with Crippen molar-refractivity contribution in [1.82, 2.24) is 0 Å². The van der Waals surface area contributed by atoms with Crippen molar-refractivity contribution in [2.75, 3.05) is 0 Å². The van der Waals surface area contributed by atoms with Crippen molar-refractivity contribution in [1.29, 1.82) is 0 Å². The average Bonchev–Trinajstić information content (AvgIpc) is 2.67. The number of fused-ring (bicyclic) bond motifs is 4. The number of hydrogen-bond donors (Lipinski definition) is 0. The Labute approximate surface area is 165 Å². The van der Waals surface area contributed by atoms with Crippen molar-refractivity contribution >= 4 is 59.8 Å². The predicted octanol–water partition coefficient (Wildman–Crippen LogP) is 8.23. The molecular weight excluding hydrogens is 404 g/mol. The quantitative estimate of drug-likeness (QED) is 0.241. The lowest BCUT2D eigenvalue weighted by Gasteiger charge is -2.14. The molecule has 0 atom stereocenters. The van der Waals surface area contributed by atoms with Crippen molar-refractivity contribution in [3.8, 4) is 11.1 Å². The first-order chi connectivity index (χ1) is 12.7. The largest absolute Gasteiger partial charge is 0.0836 e. The van der Waals surface area contributed by atoms with Crippen LogP contribution >= 0.6 is 27.5 Å². The molecule has 5 aromatic rings. The minimum absolute atomic E-state index is 0.786. The minimum Gasteiger partial charge on any atom is -0.0836 e. The molecule has 0 unspecified atom stereocenters. The first kappa shape index (κ1) is 15.9. The van der Waals surface area contributed by atoms with Crippen molar-refractivity contribution < 1.29 is 0 Å². The van der Waals surface area contributed by atoms with Gasteiger partial charge in [0.15, 0.2) is 0 Å². The Bertz CT molecular complexity index is 1300. The normalized spacial score (nSPS) is 11.5. The van der Waals surface area contributed by atoms with Crippen LogP contribution < -0.4 is 0 Å². The monoisotopic (exact) mass is 416 g/mol. The molecule has 0 saturated carbocycles. The highest BCUT2D eigenvalue weighted by Crippen LogP contribution is 2.41. The van der Waals surface area contributed by atoms with Crippen molar-refractivity contribution in [3.63, 3.8) is 0 Å². The van der Waals surface area contributed by atoms with E-state index in [0.29, 0.717) is 0 Å². The van der Waals surface area contributed by atoms with E-state index in [-0.39, 0.29) is 0 Å². The van der Waals surface area contributed by atoms with Crippen LogP contribution in [0.15, 0.2) is 89.4 Å². The van der Waals surface area contributed by atoms with Crippen molar-refractivity contribution in [3.05, 3.63) is 94.4 Å². The van der Waals surface area contributed by atoms with Gasteiger partial charge in [0.05, 0.1) is 0 Å². The third-order valence-corrected chi connectivity index (χ3v) is 5.95. The van der Waals surface area contributed by atoms with Gasteiger partial charge in [0.2, 0.25) is 0 Å². The highest BCUT2D eigenvalue weighted by Gasteiger charge is 2.13. The molecule has 0 saturated heterocycles. The summed E-state index contributed by atoms with van der Waals surface area (Å²) in [6, 6.07) is 29.7. The first-order valence-electron chi connectivity index (χ1n) is 8.51. The Morgan fingerprint density at radius 2 is 1.00 bits per heavy atom. The van der Waals surface area contributed by atoms with Crippen LogP contribution in [0.2, 0.25) is 5.02 Å². The van der Waals surface area contributed by atoms with E-state index in [2.05, 4.69) is 88.7 Å². The molecule has 0 fully saturated rings. The third kappa shape index (κ3) is 2.35. The van der Waals surface area contributed by atoms with Crippen LogP contribution in [0.1, 0.15) is 0 Å². The molecule has 26 heavy (non-hydrogen) atoms. The van der Waals surface area contributed by atoms with Gasteiger partial charge < -0.3 is 0 Å². The highest BCUT2D eigenvalue weighted by molar-refractivity contribution is 9.10. The zero-order valence-corrected chi connectivity index (χ0v) is 16.2. The van der Waals surface area contributed by atoms with Crippen LogP contribution in [-0.2, 0) is 0 Å². The molecule has 0 heterocycles. The fraction of sp³-hybridized carbons (Fsp3) is 0. The van der Waals surface area contributed by atoms with Gasteiger partial charge in [-0.1, -0.05) is 100 Å². The maximum Gasteiger partial charge on any atom is 0.0490 e. The Balaban J connectivity index is 2.01. The second kappa shape index (κ2) is 6.12. The maximum atomic E-state index is 6.60. The van der Waals surface area contributed by atoms with E-state index in [9.17, 15) is 0 Å². The molecule has 0 amide bonds. The Hall–Kier alpha value is -2.35. The average molecular weight is 418 g/mol. The molecule has 0 aliphatic rings. The van der Waals surface area contributed by atoms with Crippen LogP contribution in [0.25, 0.3) is 43.4 Å². The molecule has 0 aliphatic heterocycles. The van der Waals surface area contributed by atoms with E-state index in [1.807, 2.05) is 12.1 Å². The maximum absolute atomic E-state index is 6.60. The molecule has 0 bridgehead atoms. The van der Waals surface area contributed by atoms with Gasteiger partial charge >= 0.3 is 0 Å². The molecule has 5 aromatic carbocycles. The van der Waals surface area contributed by atoms with Crippen LogP contribution in [-0.4, -0.2) is 0 Å². The van der Waals surface area contributed by atoms with Gasteiger partial charge in [-0.3, -0.25) is 0 Å². The van der Waals surface area contributed by atoms with Gasteiger partial charge in [0.1, 0.15) is 0 Å². The summed E-state index contributed by atoms with van der Waals surface area (Å²) in [5, 5.41) is 8.00. The van der Waals surface area contributed by atoms with Crippen molar-refractivity contribution in [2.45, 2.75) is 0 Å². The lowest BCUT2D eigenvalue weighted by Crippen LogP contribution is -1.87. The number of benzene rings is 5. The second-order valence-corrected chi connectivity index (χ2v) is 7.71. The van der Waals surface area contributed by atoms with Gasteiger partial charge in [0.25, 0.3) is 0 Å². The molecule has 0 spiro atoms. The number of hydrogen-bond acceptors (Lipinski definition) is 0. The summed E-state index contributed by atoms with van der Waals surface area (Å²) in [5.41, 5.74) is 2.38. The van der Waals surface area contributed by atoms with Crippen LogP contribution in [0, 0.1) is 0 Å². The van der Waals surface area contributed by atoms with E-state index in [1.165, 1.54) is 32.7 Å². The number of halogens is 2. The third-order valence-electron chi connectivity index (χ3n) is 4.98. The van der Waals surface area contributed by atoms with Gasteiger partial charge in [-0.25, -0.2) is 0 Å². The summed E-state index contributed by atoms with van der Waals surface area (Å²) in [7, 11) is 0. The standard InChI is InChI=1S/C24H14BrCl/c25-20-11-3-7-17-14-13-16-6-2-10-19(23(16)24(17)20)18-9-1-5-15-8-4-12-21(26)22(15)18/h1-14H. The van der Waals surface area contributed by atoms with Gasteiger partial charge in [-0.15, -0.1) is 0 Å². The van der Waals surface area contributed by atoms with Crippen LogP contribution in [0.3, 0.4) is 0 Å². The van der Waals surface area contributed by atoms with E-state index in [1.54, 1.807) is 0 Å². The molecule has 0 aromatic heterocycles. The molecule has 0 N–H and O–H groups in total. The molecule has 124 valence electrons. The Morgan fingerprint density at radius 3 is 1.69 bits per heavy atom. The SMILES string of the molecule is Clc1cccc2cccc(-c3cccc4ccc5cccc(Br)c5c34)c12. The summed E-state index contributed by atoms with van der Waals surface area (Å²) >= 11 is 10.4. The van der Waals surface area contributed by atoms with Crippen LogP contribution in [0.5, 0.6) is 0 Å². The molecule has 2 heteroatoms. The highest BCUT2D eigenvalue weighted by atomic mass is 79.9. The summed E-state index contributed by atoms with van der Waals surface area (Å²) in [4.78, 5) is 0. The van der Waals surface area contributed by atoms with Gasteiger partial charge in [0, 0.05) is 20.3 Å². The summed E-state index contributed by atoms with van der Waals surface area (Å²) in [5.74, 6) is 0. The van der Waals surface area contributed by atoms with E-state index < -0.39 is 0 Å². The molecule has 0 nitrogen and oxygen atoms in total. The van der Waals surface area contributed by atoms with Crippen LogP contribution in [0.4, 0.5) is 0 Å². The second-order valence-electron chi connectivity index (χ2n) is 6.45. The lowest BCUT2D eigenvalue weighted by molar-refractivity contribution is 1.69. The summed E-state index contributed by atoms with van der Waals surface area (Å²) < 4.78 is 1.11. The fourth-order valence-electron chi connectivity index (χ4n) is 3.86. The van der Waals surface area contributed by atoms with Gasteiger partial charge in [-0.05, 0) is 44.8 Å². The fourth-order valence-corrected chi connectivity index (χ4v) is 4.72. The molecule has 5 rings (SSSR count). The lowest BCUT2D eigenvalue weighted by atomic mass is 9.91. The zero-order chi connectivity index (χ0) is 17.7. The predicted molar refractivity (Wildman–Crippen MR) is 117 cm³/mol. The number of rotatable bonds is 1. The first-order valence-corrected chi connectivity index (χ1v) is 9.69. The topological polar surface area (TPSA) is 0 Å². The van der Waals surface area contributed by atoms with Gasteiger partial charge in [-0.2, -0.15) is 0 Å². The van der Waals surface area contributed by atoms with Crippen molar-refractivity contribution in [2.24, 2.45) is 0 Å². The molecule has 0 aliphatic carbocycles. The van der Waals surface area contributed by atoms with E-state index >= 15 is 0 Å². The summed E-state index contributed by atoms with van der Waals surface area (Å²) in [6.07, 6.45) is 0. The summed E-state index contributed by atoms with van der Waals surface area (Å²) in [6.45, 7) is 0. The smallest absolute Gasteiger partial charge is 0.0490 e. The van der Waals surface area contributed by atoms with E-state index in [4.69, 9.17) is 11.6 Å².